The standard InChI is InChI=1S/C10H9N5O/c16-10(14-8-3-1-2-5-12-8)15-9-4-6-11-7-13-9/h1-7H,(H2,11,12,13,14,15,16). The van der Waals surface area contributed by atoms with Gasteiger partial charge in [-0.1, -0.05) is 6.07 Å². The first-order valence-corrected chi connectivity index (χ1v) is 4.59. The highest BCUT2D eigenvalue weighted by molar-refractivity contribution is 5.98. The largest absolute Gasteiger partial charge is 0.326 e. The predicted octanol–water partition coefficient (Wildman–Crippen LogP) is 1.52. The number of hydrogen-bond acceptors (Lipinski definition) is 4. The smallest absolute Gasteiger partial charge is 0.292 e. The summed E-state index contributed by atoms with van der Waals surface area (Å²) in [6.45, 7) is 0. The van der Waals surface area contributed by atoms with Gasteiger partial charge in [-0.25, -0.2) is 19.7 Å². The van der Waals surface area contributed by atoms with E-state index in [2.05, 4.69) is 25.6 Å². The third-order valence-electron chi connectivity index (χ3n) is 1.73. The van der Waals surface area contributed by atoms with E-state index in [4.69, 9.17) is 0 Å². The summed E-state index contributed by atoms with van der Waals surface area (Å²) in [6, 6.07) is 6.45. The van der Waals surface area contributed by atoms with Gasteiger partial charge in [0.2, 0.25) is 0 Å². The van der Waals surface area contributed by atoms with Gasteiger partial charge in [-0.3, -0.25) is 10.6 Å². The van der Waals surface area contributed by atoms with Gasteiger partial charge in [-0.2, -0.15) is 0 Å². The molecule has 2 amide bonds. The Morgan fingerprint density at radius 1 is 1.00 bits per heavy atom. The SMILES string of the molecule is O=C(Nc1ccccn1)Nc1ccncn1. The molecule has 0 fully saturated rings. The number of carbonyl (C=O) groups is 1. The average Bonchev–Trinajstić information content (AvgIpc) is 2.31. The number of hydrogen-bond donors (Lipinski definition) is 2. The van der Waals surface area contributed by atoms with Crippen LogP contribution >= 0.6 is 0 Å². The Hall–Kier alpha value is -2.50. The van der Waals surface area contributed by atoms with Crippen LogP contribution in [0.5, 0.6) is 0 Å². The first-order chi connectivity index (χ1) is 7.84. The van der Waals surface area contributed by atoms with Crippen LogP contribution < -0.4 is 10.6 Å². The van der Waals surface area contributed by atoms with Crippen molar-refractivity contribution in [1.82, 2.24) is 15.0 Å². The van der Waals surface area contributed by atoms with E-state index in [9.17, 15) is 4.79 Å². The maximum atomic E-state index is 11.5. The average molecular weight is 215 g/mol. The van der Waals surface area contributed by atoms with Gasteiger partial charge >= 0.3 is 6.03 Å². The third-order valence-corrected chi connectivity index (χ3v) is 1.73. The molecule has 2 aromatic heterocycles. The molecule has 0 aromatic carbocycles. The van der Waals surface area contributed by atoms with Crippen molar-refractivity contribution in [2.75, 3.05) is 10.6 Å². The van der Waals surface area contributed by atoms with Crippen LogP contribution in [0.25, 0.3) is 0 Å². The van der Waals surface area contributed by atoms with E-state index < -0.39 is 6.03 Å². The van der Waals surface area contributed by atoms with Gasteiger partial charge < -0.3 is 0 Å². The molecule has 2 N–H and O–H groups in total. The quantitative estimate of drug-likeness (QED) is 0.795. The van der Waals surface area contributed by atoms with E-state index in [1.54, 1.807) is 36.7 Å². The van der Waals surface area contributed by atoms with E-state index in [0.717, 1.165) is 0 Å². The lowest BCUT2D eigenvalue weighted by Gasteiger charge is -2.04. The normalized spacial score (nSPS) is 9.50. The lowest BCUT2D eigenvalue weighted by Crippen LogP contribution is -2.20. The summed E-state index contributed by atoms with van der Waals surface area (Å²) in [5.74, 6) is 0.914. The molecule has 0 aliphatic rings. The lowest BCUT2D eigenvalue weighted by atomic mass is 10.5. The molecule has 80 valence electrons. The fourth-order valence-corrected chi connectivity index (χ4v) is 1.07. The van der Waals surface area contributed by atoms with Crippen LogP contribution in [-0.2, 0) is 0 Å². The van der Waals surface area contributed by atoms with Crippen LogP contribution in [0.3, 0.4) is 0 Å². The molecule has 6 heteroatoms. The minimum Gasteiger partial charge on any atom is -0.292 e. The lowest BCUT2D eigenvalue weighted by molar-refractivity contribution is 0.262. The van der Waals surface area contributed by atoms with Gasteiger partial charge in [0, 0.05) is 12.4 Å². The number of carbonyl (C=O) groups excluding carboxylic acids is 1. The van der Waals surface area contributed by atoms with Crippen molar-refractivity contribution in [3.8, 4) is 0 Å². The summed E-state index contributed by atoms with van der Waals surface area (Å²) in [6.07, 6.45) is 4.50. The summed E-state index contributed by atoms with van der Waals surface area (Å²) in [7, 11) is 0. The van der Waals surface area contributed by atoms with Gasteiger partial charge in [0.1, 0.15) is 18.0 Å². The second-order valence-corrected chi connectivity index (χ2v) is 2.89. The number of nitrogens with one attached hydrogen (secondary N) is 2. The Kier molecular flexibility index (Phi) is 3.03. The van der Waals surface area contributed by atoms with Gasteiger partial charge in [0.25, 0.3) is 0 Å². The molecule has 0 atom stereocenters. The van der Waals surface area contributed by atoms with E-state index in [0.29, 0.717) is 11.6 Å². The number of urea groups is 1. The summed E-state index contributed by atoms with van der Waals surface area (Å²) < 4.78 is 0. The van der Waals surface area contributed by atoms with Crippen molar-refractivity contribution in [3.63, 3.8) is 0 Å². The number of anilines is 2. The number of amides is 2. The summed E-state index contributed by atoms with van der Waals surface area (Å²) >= 11 is 0. The Balaban J connectivity index is 1.95. The Bertz CT molecular complexity index is 416. The van der Waals surface area contributed by atoms with Gasteiger partial charge in [0.15, 0.2) is 0 Å². The second-order valence-electron chi connectivity index (χ2n) is 2.89. The van der Waals surface area contributed by atoms with Crippen molar-refractivity contribution >= 4 is 17.7 Å². The van der Waals surface area contributed by atoms with Crippen LogP contribution in [0, 0.1) is 0 Å². The van der Waals surface area contributed by atoms with E-state index >= 15 is 0 Å². The zero-order valence-electron chi connectivity index (χ0n) is 8.29. The molecule has 2 aromatic rings. The van der Waals surface area contributed by atoms with Crippen LogP contribution in [0.2, 0.25) is 0 Å². The highest BCUT2D eigenvalue weighted by Crippen LogP contribution is 2.02. The van der Waals surface area contributed by atoms with Gasteiger partial charge in [-0.15, -0.1) is 0 Å². The van der Waals surface area contributed by atoms with Crippen molar-refractivity contribution in [2.45, 2.75) is 0 Å². The minimum atomic E-state index is -0.391. The van der Waals surface area contributed by atoms with Crippen LogP contribution in [0.1, 0.15) is 0 Å². The number of pyridine rings is 1. The molecular weight excluding hydrogens is 206 g/mol. The molecule has 2 heterocycles. The second kappa shape index (κ2) is 4.83. The molecular formula is C10H9N5O. The predicted molar refractivity (Wildman–Crippen MR) is 58.9 cm³/mol. The third kappa shape index (κ3) is 2.74. The molecule has 6 nitrogen and oxygen atoms in total. The number of aromatic nitrogens is 3. The van der Waals surface area contributed by atoms with Crippen molar-refractivity contribution in [2.24, 2.45) is 0 Å². The fourth-order valence-electron chi connectivity index (χ4n) is 1.07. The monoisotopic (exact) mass is 215 g/mol. The number of nitrogens with zero attached hydrogens (tertiary/aromatic N) is 3. The first kappa shape index (κ1) is 10.0. The Morgan fingerprint density at radius 2 is 1.81 bits per heavy atom. The molecule has 0 saturated carbocycles. The van der Waals surface area contributed by atoms with Gasteiger partial charge in [0.05, 0.1) is 0 Å². The molecule has 0 spiro atoms. The van der Waals surface area contributed by atoms with Gasteiger partial charge in [-0.05, 0) is 18.2 Å². The fraction of sp³-hybridized carbons (Fsp3) is 0. The van der Waals surface area contributed by atoms with Crippen molar-refractivity contribution in [1.29, 1.82) is 0 Å². The zero-order chi connectivity index (χ0) is 11.2. The van der Waals surface area contributed by atoms with Crippen LogP contribution in [0.4, 0.5) is 16.4 Å². The van der Waals surface area contributed by atoms with Crippen LogP contribution in [-0.4, -0.2) is 21.0 Å². The Morgan fingerprint density at radius 3 is 2.44 bits per heavy atom. The molecule has 0 unspecified atom stereocenters. The molecule has 0 saturated heterocycles. The van der Waals surface area contributed by atoms with Crippen molar-refractivity contribution < 1.29 is 4.79 Å². The van der Waals surface area contributed by atoms with E-state index in [-0.39, 0.29) is 0 Å². The molecule has 0 aliphatic carbocycles. The first-order valence-electron chi connectivity index (χ1n) is 4.59. The molecule has 16 heavy (non-hydrogen) atoms. The summed E-state index contributed by atoms with van der Waals surface area (Å²) in [5, 5.41) is 5.12. The Labute approximate surface area is 91.8 Å². The van der Waals surface area contributed by atoms with E-state index in [1.807, 2.05) is 0 Å². The number of rotatable bonds is 2. The summed E-state index contributed by atoms with van der Waals surface area (Å²) in [5.41, 5.74) is 0. The minimum absolute atomic E-state index is 0.391. The van der Waals surface area contributed by atoms with E-state index in [1.165, 1.54) is 6.33 Å². The highest BCUT2D eigenvalue weighted by Gasteiger charge is 2.02. The molecule has 0 radical (unpaired) electrons. The zero-order valence-corrected chi connectivity index (χ0v) is 8.29. The molecule has 0 bridgehead atoms. The van der Waals surface area contributed by atoms with Crippen molar-refractivity contribution in [3.05, 3.63) is 43.0 Å². The molecule has 0 aliphatic heterocycles. The maximum absolute atomic E-state index is 11.5. The molecule has 2 rings (SSSR count). The van der Waals surface area contributed by atoms with Crippen LogP contribution in [0.15, 0.2) is 43.0 Å². The highest BCUT2D eigenvalue weighted by atomic mass is 16.2. The maximum Gasteiger partial charge on any atom is 0.326 e. The topological polar surface area (TPSA) is 79.8 Å². The summed E-state index contributed by atoms with van der Waals surface area (Å²) in [4.78, 5) is 23.0.